The Bertz CT molecular complexity index is 871. The Morgan fingerprint density at radius 2 is 1.69 bits per heavy atom. The Kier molecular flexibility index (Phi) is 7.45. The molecule has 2 atom stereocenters. The number of hydrogen-bond donors (Lipinski definition) is 1. The minimum Gasteiger partial charge on any atom is -1.00 e. The third-order valence-electron chi connectivity index (χ3n) is 5.42. The molecule has 0 saturated heterocycles. The Morgan fingerprint density at radius 3 is 2.19 bits per heavy atom. The molecule has 7 heteroatoms. The van der Waals surface area contributed by atoms with Crippen LogP contribution >= 0.6 is 7.60 Å². The van der Waals surface area contributed by atoms with Crippen molar-refractivity contribution in [2.45, 2.75) is 38.2 Å². The number of fused-ring (bicyclic) bond motifs is 1. The molecular formula is C19H22Cl2O3PZr. The smallest absolute Gasteiger partial charge is 1.00 e. The zero-order valence-corrected chi connectivity index (χ0v) is 20.3. The van der Waals surface area contributed by atoms with E-state index in [1.807, 2.05) is 58.0 Å². The Labute approximate surface area is 183 Å². The molecule has 26 heavy (non-hydrogen) atoms. The average molecular weight is 491 g/mol. The molecule has 1 aromatic carbocycles. The van der Waals surface area contributed by atoms with E-state index in [0.717, 1.165) is 22.3 Å². The van der Waals surface area contributed by atoms with Crippen LogP contribution in [0.15, 0.2) is 52.1 Å². The van der Waals surface area contributed by atoms with E-state index in [0.29, 0.717) is 11.1 Å². The third-order valence-corrected chi connectivity index (χ3v) is 9.01. The minimum absolute atomic E-state index is 0. The van der Waals surface area contributed by atoms with Gasteiger partial charge in [-0.2, -0.15) is 0 Å². The summed E-state index contributed by atoms with van der Waals surface area (Å²) in [5.74, 6) is 0.628. The number of hydrogen-bond acceptors (Lipinski definition) is 2. The van der Waals surface area contributed by atoms with E-state index in [1.54, 1.807) is 0 Å². The molecule has 0 radical (unpaired) electrons. The molecule has 0 aliphatic heterocycles. The van der Waals surface area contributed by atoms with Crippen LogP contribution in [0.5, 0.6) is 0 Å². The summed E-state index contributed by atoms with van der Waals surface area (Å²) in [6.07, 6.45) is 1.83. The Hall–Kier alpha value is -0.107. The van der Waals surface area contributed by atoms with Gasteiger partial charge in [-0.1, -0.05) is 0 Å². The third kappa shape index (κ3) is 3.74. The normalized spacial score (nSPS) is 22.9. The summed E-state index contributed by atoms with van der Waals surface area (Å²) in [4.78, 5) is 10.8. The van der Waals surface area contributed by atoms with Crippen LogP contribution in [-0.4, -0.2) is 4.89 Å². The summed E-state index contributed by atoms with van der Waals surface area (Å²) < 4.78 is 18.9. The van der Waals surface area contributed by atoms with Crippen LogP contribution in [0.25, 0.3) is 6.08 Å². The van der Waals surface area contributed by atoms with E-state index in [-0.39, 0.29) is 33.9 Å². The maximum absolute atomic E-state index is 13.1. The fourth-order valence-corrected chi connectivity index (χ4v) is 7.01. The summed E-state index contributed by atoms with van der Waals surface area (Å²) >= 11 is 1.19. The number of rotatable bonds is 3. The number of halogens is 2. The summed E-state index contributed by atoms with van der Waals surface area (Å²) in [5, 5.41) is 0.514. The summed E-state index contributed by atoms with van der Waals surface area (Å²) in [6.45, 7) is 10.2. The van der Waals surface area contributed by atoms with Crippen LogP contribution < -0.4 is 24.8 Å². The van der Waals surface area contributed by atoms with Gasteiger partial charge in [0.05, 0.1) is 0 Å². The van der Waals surface area contributed by atoms with E-state index in [9.17, 15) is 9.46 Å². The van der Waals surface area contributed by atoms with Crippen molar-refractivity contribution in [3.63, 3.8) is 0 Å². The van der Waals surface area contributed by atoms with Gasteiger partial charge in [0, 0.05) is 0 Å². The van der Waals surface area contributed by atoms with Crippen LogP contribution in [-0.2, 0) is 33.8 Å². The molecule has 0 aromatic heterocycles. The fraction of sp³-hybridized carbons (Fsp3) is 0.368. The predicted octanol–water partition coefficient (Wildman–Crippen LogP) is -0.511. The molecule has 2 unspecified atom stereocenters. The standard InChI is InChI=1S/C19H22O3P.2ClH.Zr/c1-12-13(2)18(19(4,5)14(12)3)22-23(20,21)17-10-15-8-6-7-9-16(15)11-17;;;/h6-11H,1-5H3,(H,20,21);2*1H;/q;;;+2/p-2. The second-order valence-electron chi connectivity index (χ2n) is 7.07. The van der Waals surface area contributed by atoms with Gasteiger partial charge in [0.15, 0.2) is 0 Å². The number of benzene rings is 1. The molecule has 1 N–H and O–H groups in total. The van der Waals surface area contributed by atoms with Crippen molar-refractivity contribution in [1.82, 2.24) is 0 Å². The maximum atomic E-state index is 13.1. The first-order chi connectivity index (χ1) is 11.1. The van der Waals surface area contributed by atoms with Crippen molar-refractivity contribution in [2.24, 2.45) is 5.41 Å². The molecule has 2 aliphatic rings. The molecule has 0 spiro atoms. The van der Waals surface area contributed by atoms with Gasteiger partial charge in [-0.05, 0) is 0 Å². The molecule has 0 heterocycles. The van der Waals surface area contributed by atoms with E-state index >= 15 is 0 Å². The molecule has 2 aliphatic carbocycles. The average Bonchev–Trinajstić information content (AvgIpc) is 2.94. The van der Waals surface area contributed by atoms with Crippen molar-refractivity contribution in [2.75, 3.05) is 0 Å². The van der Waals surface area contributed by atoms with Gasteiger partial charge >= 0.3 is 159 Å². The van der Waals surface area contributed by atoms with Gasteiger partial charge in [-0.3, -0.25) is 0 Å². The van der Waals surface area contributed by atoms with Gasteiger partial charge < -0.3 is 24.8 Å². The summed E-state index contributed by atoms with van der Waals surface area (Å²) in [6, 6.07) is 7.93. The van der Waals surface area contributed by atoms with Crippen molar-refractivity contribution < 1.29 is 63.5 Å². The first kappa shape index (κ1) is 23.9. The van der Waals surface area contributed by atoms with Crippen LogP contribution in [0.1, 0.15) is 49.4 Å². The van der Waals surface area contributed by atoms with E-state index in [2.05, 4.69) is 6.92 Å². The van der Waals surface area contributed by atoms with Crippen LogP contribution in [0.2, 0.25) is 0 Å². The molecule has 3 rings (SSSR count). The first-order valence-electron chi connectivity index (χ1n) is 8.01. The summed E-state index contributed by atoms with van der Waals surface area (Å²) in [5.41, 5.74) is 5.11. The largest absolute Gasteiger partial charge is 1.00 e. The molecule has 3 nitrogen and oxygen atoms in total. The van der Waals surface area contributed by atoms with Crippen LogP contribution in [0, 0.1) is 5.41 Å². The maximum Gasteiger partial charge on any atom is -1.00 e. The Morgan fingerprint density at radius 1 is 1.12 bits per heavy atom. The van der Waals surface area contributed by atoms with E-state index in [1.165, 1.54) is 30.3 Å². The van der Waals surface area contributed by atoms with Gasteiger partial charge in [0.25, 0.3) is 0 Å². The first-order valence-corrected chi connectivity index (χ1v) is 11.0. The quantitative estimate of drug-likeness (QED) is 0.580. The SMILES string of the molecule is CC1=C(C)C(C)(C)C(OP(=O)(O)C2=Cc3ccccc3[CH]2[Zr+2])=C1C.[Cl-].[Cl-]. The van der Waals surface area contributed by atoms with Gasteiger partial charge in [-0.25, -0.2) is 0 Å². The topological polar surface area (TPSA) is 46.5 Å². The zero-order valence-electron chi connectivity index (χ0n) is 15.4. The van der Waals surface area contributed by atoms with Crippen molar-refractivity contribution in [1.29, 1.82) is 0 Å². The van der Waals surface area contributed by atoms with Gasteiger partial charge in [0.2, 0.25) is 0 Å². The molecule has 0 bridgehead atoms. The molecule has 139 valence electrons. The monoisotopic (exact) mass is 489 g/mol. The summed E-state index contributed by atoms with van der Waals surface area (Å²) in [7, 11) is -3.90. The van der Waals surface area contributed by atoms with Crippen LogP contribution in [0.4, 0.5) is 0 Å². The predicted molar refractivity (Wildman–Crippen MR) is 92.9 cm³/mol. The fourth-order valence-electron chi connectivity index (χ4n) is 3.47. The minimum atomic E-state index is -3.90. The van der Waals surface area contributed by atoms with Crippen molar-refractivity contribution >= 4 is 13.7 Å². The second-order valence-corrected chi connectivity index (χ2v) is 10.2. The molecule has 0 saturated carbocycles. The second kappa shape index (κ2) is 8.10. The van der Waals surface area contributed by atoms with Crippen molar-refractivity contribution in [3.05, 3.63) is 63.2 Å². The number of allylic oxidation sites excluding steroid dienone is 4. The molecule has 0 fully saturated rings. The molecular weight excluding hydrogens is 469 g/mol. The Balaban J connectivity index is 0.00000169. The zero-order chi connectivity index (χ0) is 17.9. The van der Waals surface area contributed by atoms with E-state index < -0.39 is 7.60 Å². The van der Waals surface area contributed by atoms with Gasteiger partial charge in [0.1, 0.15) is 0 Å². The van der Waals surface area contributed by atoms with Crippen LogP contribution in [0.3, 0.4) is 0 Å². The molecule has 0 amide bonds. The van der Waals surface area contributed by atoms with E-state index in [4.69, 9.17) is 4.52 Å². The van der Waals surface area contributed by atoms with Gasteiger partial charge in [-0.15, -0.1) is 0 Å². The molecule has 1 aromatic rings. The van der Waals surface area contributed by atoms with Crippen molar-refractivity contribution in [3.8, 4) is 0 Å².